The van der Waals surface area contributed by atoms with Gasteiger partial charge in [0.25, 0.3) is 0 Å². The Labute approximate surface area is 161 Å². The molecule has 1 aromatic carbocycles. The lowest BCUT2D eigenvalue weighted by molar-refractivity contribution is -0.140. The maximum Gasteiger partial charge on any atom is 0.326 e. The Kier molecular flexibility index (Phi) is 3.68. The SMILES string of the molecule is Cn1c(=O)[nH]c2cccc(N3CC(C(=O)N4CC(c5ccc(N)nc5)C4)C3)c21. The lowest BCUT2D eigenvalue weighted by atomic mass is 9.89. The number of hydrogen-bond acceptors (Lipinski definition) is 5. The highest BCUT2D eigenvalue weighted by Gasteiger charge is 2.41. The largest absolute Gasteiger partial charge is 0.384 e. The number of nitrogens with zero attached hydrogens (tertiary/aromatic N) is 4. The number of rotatable bonds is 3. The molecule has 2 aliphatic heterocycles. The lowest BCUT2D eigenvalue weighted by Crippen LogP contribution is -2.59. The number of pyridine rings is 1. The molecule has 0 radical (unpaired) electrons. The van der Waals surface area contributed by atoms with Gasteiger partial charge in [-0.05, 0) is 23.8 Å². The zero-order valence-electron chi connectivity index (χ0n) is 15.6. The number of hydrogen-bond donors (Lipinski definition) is 2. The van der Waals surface area contributed by atoms with E-state index >= 15 is 0 Å². The van der Waals surface area contributed by atoms with Crippen molar-refractivity contribution in [3.8, 4) is 0 Å². The summed E-state index contributed by atoms with van der Waals surface area (Å²) in [6, 6.07) is 9.63. The Hall–Kier alpha value is -3.29. The molecular formula is C20H22N6O2. The van der Waals surface area contributed by atoms with Crippen molar-refractivity contribution in [3.05, 3.63) is 52.6 Å². The second-order valence-corrected chi connectivity index (χ2v) is 7.72. The second kappa shape index (κ2) is 6.12. The molecule has 8 nitrogen and oxygen atoms in total. The predicted molar refractivity (Wildman–Crippen MR) is 107 cm³/mol. The highest BCUT2D eigenvalue weighted by molar-refractivity contribution is 5.91. The summed E-state index contributed by atoms with van der Waals surface area (Å²) in [4.78, 5) is 35.7. The molecule has 144 valence electrons. The Bertz CT molecular complexity index is 1100. The molecule has 5 rings (SSSR count). The fourth-order valence-corrected chi connectivity index (χ4v) is 4.16. The van der Waals surface area contributed by atoms with E-state index in [2.05, 4.69) is 14.9 Å². The van der Waals surface area contributed by atoms with Crippen LogP contribution in [0.25, 0.3) is 11.0 Å². The van der Waals surface area contributed by atoms with Gasteiger partial charge in [-0.25, -0.2) is 9.78 Å². The number of benzene rings is 1. The molecule has 0 unspecified atom stereocenters. The van der Waals surface area contributed by atoms with Crippen LogP contribution < -0.4 is 16.3 Å². The number of anilines is 2. The number of aryl methyl sites for hydroxylation is 1. The van der Waals surface area contributed by atoms with Gasteiger partial charge in [0.2, 0.25) is 5.91 Å². The van der Waals surface area contributed by atoms with Crippen LogP contribution >= 0.6 is 0 Å². The minimum Gasteiger partial charge on any atom is -0.384 e. The van der Waals surface area contributed by atoms with E-state index in [0.29, 0.717) is 24.8 Å². The molecule has 2 aromatic heterocycles. The van der Waals surface area contributed by atoms with Crippen molar-refractivity contribution in [1.29, 1.82) is 0 Å². The van der Waals surface area contributed by atoms with Crippen LogP contribution in [0.4, 0.5) is 11.5 Å². The molecule has 0 bridgehead atoms. The number of aromatic amines is 1. The first-order valence-corrected chi connectivity index (χ1v) is 9.44. The summed E-state index contributed by atoms with van der Waals surface area (Å²) in [6.45, 7) is 2.84. The molecule has 4 heterocycles. The van der Waals surface area contributed by atoms with Crippen LogP contribution in [-0.4, -0.2) is 51.5 Å². The molecule has 2 aliphatic rings. The first kappa shape index (κ1) is 16.9. The number of imidazole rings is 1. The summed E-state index contributed by atoms with van der Waals surface area (Å²) >= 11 is 0. The number of H-pyrrole nitrogens is 1. The minimum atomic E-state index is -0.126. The monoisotopic (exact) mass is 378 g/mol. The van der Waals surface area contributed by atoms with Gasteiger partial charge >= 0.3 is 5.69 Å². The molecule has 2 fully saturated rings. The summed E-state index contributed by atoms with van der Waals surface area (Å²) in [5, 5.41) is 0. The molecule has 28 heavy (non-hydrogen) atoms. The average molecular weight is 378 g/mol. The van der Waals surface area contributed by atoms with Crippen molar-refractivity contribution >= 4 is 28.4 Å². The molecule has 3 aromatic rings. The first-order valence-electron chi connectivity index (χ1n) is 9.44. The van der Waals surface area contributed by atoms with Gasteiger partial charge in [-0.1, -0.05) is 12.1 Å². The minimum absolute atomic E-state index is 0.0109. The Morgan fingerprint density at radius 2 is 1.96 bits per heavy atom. The predicted octanol–water partition coefficient (Wildman–Crippen LogP) is 0.906. The van der Waals surface area contributed by atoms with Crippen molar-refractivity contribution in [2.24, 2.45) is 13.0 Å². The number of nitrogens with two attached hydrogens (primary N) is 1. The fraction of sp³-hybridized carbons (Fsp3) is 0.350. The van der Waals surface area contributed by atoms with E-state index < -0.39 is 0 Å². The quantitative estimate of drug-likeness (QED) is 0.706. The fourth-order valence-electron chi connectivity index (χ4n) is 4.16. The van der Waals surface area contributed by atoms with Crippen LogP contribution in [0.15, 0.2) is 41.3 Å². The average Bonchev–Trinajstić information content (AvgIpc) is 2.89. The van der Waals surface area contributed by atoms with Crippen molar-refractivity contribution < 1.29 is 4.79 Å². The normalized spacial score (nSPS) is 17.6. The molecule has 3 N–H and O–H groups in total. The van der Waals surface area contributed by atoms with Crippen molar-refractivity contribution in [3.63, 3.8) is 0 Å². The van der Waals surface area contributed by atoms with Crippen molar-refractivity contribution in [2.45, 2.75) is 5.92 Å². The lowest BCUT2D eigenvalue weighted by Gasteiger charge is -2.46. The van der Waals surface area contributed by atoms with E-state index in [4.69, 9.17) is 5.73 Å². The third-order valence-electron chi connectivity index (χ3n) is 5.94. The Morgan fingerprint density at radius 1 is 1.18 bits per heavy atom. The van der Waals surface area contributed by atoms with Gasteiger partial charge in [-0.2, -0.15) is 0 Å². The van der Waals surface area contributed by atoms with E-state index in [0.717, 1.165) is 35.4 Å². The molecule has 1 amide bonds. The molecule has 0 atom stereocenters. The number of amides is 1. The maximum atomic E-state index is 12.8. The van der Waals surface area contributed by atoms with Gasteiger partial charge in [0.15, 0.2) is 0 Å². The number of likely N-dealkylation sites (tertiary alicyclic amines) is 1. The van der Waals surface area contributed by atoms with Gasteiger partial charge in [0.05, 0.1) is 22.6 Å². The summed E-state index contributed by atoms with van der Waals surface area (Å²) in [5.74, 6) is 1.08. The van der Waals surface area contributed by atoms with Crippen LogP contribution in [-0.2, 0) is 11.8 Å². The molecular weight excluding hydrogens is 356 g/mol. The number of para-hydroxylation sites is 1. The Balaban J connectivity index is 1.23. The van der Waals surface area contributed by atoms with Crippen molar-refractivity contribution in [2.75, 3.05) is 36.8 Å². The van der Waals surface area contributed by atoms with Gasteiger partial charge < -0.3 is 20.5 Å². The van der Waals surface area contributed by atoms with E-state index in [1.165, 1.54) is 0 Å². The summed E-state index contributed by atoms with van der Waals surface area (Å²) < 4.78 is 1.63. The molecule has 0 saturated carbocycles. The van der Waals surface area contributed by atoms with Crippen molar-refractivity contribution in [1.82, 2.24) is 19.4 Å². The van der Waals surface area contributed by atoms with Gasteiger partial charge in [0, 0.05) is 45.3 Å². The van der Waals surface area contributed by atoms with E-state index in [1.54, 1.807) is 23.9 Å². The third-order valence-corrected chi connectivity index (χ3v) is 5.94. The number of nitrogen functional groups attached to an aromatic ring is 1. The number of fused-ring (bicyclic) bond motifs is 1. The van der Waals surface area contributed by atoms with Crippen LogP contribution in [0, 0.1) is 5.92 Å². The second-order valence-electron chi connectivity index (χ2n) is 7.72. The van der Waals surface area contributed by atoms with Crippen LogP contribution in [0.5, 0.6) is 0 Å². The Morgan fingerprint density at radius 3 is 2.68 bits per heavy atom. The third kappa shape index (κ3) is 2.56. The number of nitrogens with one attached hydrogen (secondary N) is 1. The standard InChI is InChI=1S/C20H22N6O2/c1-24-18-15(23-20(24)28)3-2-4-16(18)25-10-14(11-25)19(27)26-8-13(9-26)12-5-6-17(21)22-7-12/h2-7,13-14H,8-11H2,1H3,(H2,21,22)(H,23,28). The van der Waals surface area contributed by atoms with Crippen LogP contribution in [0.1, 0.15) is 11.5 Å². The number of aromatic nitrogens is 3. The summed E-state index contributed by atoms with van der Waals surface area (Å²) in [5.41, 5.74) is 9.35. The van der Waals surface area contributed by atoms with Gasteiger partial charge in [-0.3, -0.25) is 9.36 Å². The van der Waals surface area contributed by atoms with Gasteiger partial charge in [-0.15, -0.1) is 0 Å². The van der Waals surface area contributed by atoms with Crippen LogP contribution in [0.3, 0.4) is 0 Å². The first-order chi connectivity index (χ1) is 13.5. The summed E-state index contributed by atoms with van der Waals surface area (Å²) in [6.07, 6.45) is 1.80. The molecule has 0 spiro atoms. The van der Waals surface area contributed by atoms with Crippen LogP contribution in [0.2, 0.25) is 0 Å². The zero-order valence-corrected chi connectivity index (χ0v) is 15.6. The molecule has 8 heteroatoms. The smallest absolute Gasteiger partial charge is 0.326 e. The van der Waals surface area contributed by atoms with E-state index in [1.807, 2.05) is 29.2 Å². The maximum absolute atomic E-state index is 12.8. The van der Waals surface area contributed by atoms with E-state index in [9.17, 15) is 9.59 Å². The van der Waals surface area contributed by atoms with E-state index in [-0.39, 0.29) is 17.5 Å². The number of carbonyl (C=O) groups is 1. The molecule has 0 aliphatic carbocycles. The number of carbonyl (C=O) groups excluding carboxylic acids is 1. The van der Waals surface area contributed by atoms with Gasteiger partial charge in [0.1, 0.15) is 5.82 Å². The zero-order chi connectivity index (χ0) is 19.4. The summed E-state index contributed by atoms with van der Waals surface area (Å²) in [7, 11) is 1.76. The highest BCUT2D eigenvalue weighted by atomic mass is 16.2. The topological polar surface area (TPSA) is 100 Å². The molecule has 2 saturated heterocycles. The highest BCUT2D eigenvalue weighted by Crippen LogP contribution is 2.34.